The zero-order valence-corrected chi connectivity index (χ0v) is 9.99. The first-order chi connectivity index (χ1) is 7.17. The minimum Gasteiger partial charge on any atom is -0.394 e. The van der Waals surface area contributed by atoms with E-state index in [1.807, 2.05) is 6.92 Å². The molecule has 0 bridgehead atoms. The molecule has 0 fully saturated rings. The zero-order chi connectivity index (χ0) is 11.3. The topological polar surface area (TPSA) is 62.2 Å². The highest BCUT2D eigenvalue weighted by atomic mass is 79.9. The Morgan fingerprint density at radius 1 is 1.67 bits per heavy atom. The summed E-state index contributed by atoms with van der Waals surface area (Å²) < 4.78 is 0.618. The number of nitrogens with zero attached hydrogens (tertiary/aromatic N) is 1. The van der Waals surface area contributed by atoms with Crippen LogP contribution >= 0.6 is 15.9 Å². The molecule has 15 heavy (non-hydrogen) atoms. The van der Waals surface area contributed by atoms with Gasteiger partial charge in [-0.25, -0.2) is 4.98 Å². The van der Waals surface area contributed by atoms with Gasteiger partial charge >= 0.3 is 0 Å². The molecule has 1 aromatic heterocycles. The van der Waals surface area contributed by atoms with Gasteiger partial charge in [0.05, 0.1) is 12.6 Å². The van der Waals surface area contributed by atoms with E-state index in [2.05, 4.69) is 26.2 Å². The van der Waals surface area contributed by atoms with Crippen molar-refractivity contribution in [2.75, 3.05) is 6.61 Å². The van der Waals surface area contributed by atoms with Gasteiger partial charge in [0.25, 0.3) is 5.91 Å². The van der Waals surface area contributed by atoms with Gasteiger partial charge in [-0.15, -0.1) is 0 Å². The van der Waals surface area contributed by atoms with E-state index in [9.17, 15) is 4.79 Å². The molecule has 82 valence electrons. The Bertz CT molecular complexity index is 340. The fraction of sp³-hybridized carbons (Fsp3) is 0.400. The zero-order valence-electron chi connectivity index (χ0n) is 8.40. The molecule has 0 aliphatic heterocycles. The standard InChI is InChI=1S/C10H13BrN2O2/c1-2-7(6-14)12-10(15)8-4-3-5-9(11)13-8/h3-5,7,14H,2,6H2,1H3,(H,12,15). The maximum atomic E-state index is 11.6. The molecule has 0 aromatic carbocycles. The number of carbonyl (C=O) groups is 1. The Hall–Kier alpha value is -0.940. The van der Waals surface area contributed by atoms with E-state index in [0.29, 0.717) is 16.7 Å². The summed E-state index contributed by atoms with van der Waals surface area (Å²) in [6, 6.07) is 4.91. The summed E-state index contributed by atoms with van der Waals surface area (Å²) in [5.74, 6) is -0.266. The molecule has 1 amide bonds. The number of nitrogens with one attached hydrogen (secondary N) is 1. The summed E-state index contributed by atoms with van der Waals surface area (Å²) in [7, 11) is 0. The molecule has 1 rings (SSSR count). The van der Waals surface area contributed by atoms with Crippen LogP contribution in [0.25, 0.3) is 0 Å². The number of amides is 1. The molecule has 2 N–H and O–H groups in total. The fourth-order valence-electron chi connectivity index (χ4n) is 1.07. The summed E-state index contributed by atoms with van der Waals surface area (Å²) in [5.41, 5.74) is 0.344. The Kier molecular flexibility index (Phi) is 4.71. The number of carbonyl (C=O) groups excluding carboxylic acids is 1. The minimum absolute atomic E-state index is 0.0593. The lowest BCUT2D eigenvalue weighted by atomic mass is 10.2. The largest absolute Gasteiger partial charge is 0.394 e. The number of hydrogen-bond donors (Lipinski definition) is 2. The first kappa shape index (κ1) is 12.1. The second-order valence-electron chi connectivity index (χ2n) is 3.11. The number of halogens is 1. The average Bonchev–Trinajstić information content (AvgIpc) is 2.25. The highest BCUT2D eigenvalue weighted by Gasteiger charge is 2.12. The molecule has 1 heterocycles. The van der Waals surface area contributed by atoms with Crippen molar-refractivity contribution in [3.63, 3.8) is 0 Å². The first-order valence-electron chi connectivity index (χ1n) is 4.71. The van der Waals surface area contributed by atoms with Crippen molar-refractivity contribution < 1.29 is 9.90 Å². The molecule has 1 unspecified atom stereocenters. The Balaban J connectivity index is 2.68. The quantitative estimate of drug-likeness (QED) is 0.814. The lowest BCUT2D eigenvalue weighted by Crippen LogP contribution is -2.37. The SMILES string of the molecule is CCC(CO)NC(=O)c1cccc(Br)n1. The third kappa shape index (κ3) is 3.60. The Morgan fingerprint density at radius 3 is 2.93 bits per heavy atom. The third-order valence-electron chi connectivity index (χ3n) is 2.00. The lowest BCUT2D eigenvalue weighted by molar-refractivity contribution is 0.0909. The fourth-order valence-corrected chi connectivity index (χ4v) is 1.41. The highest BCUT2D eigenvalue weighted by molar-refractivity contribution is 9.10. The van der Waals surface area contributed by atoms with E-state index in [4.69, 9.17) is 5.11 Å². The molecule has 5 heteroatoms. The van der Waals surface area contributed by atoms with Crippen LogP contribution in [0.2, 0.25) is 0 Å². The number of aromatic nitrogens is 1. The van der Waals surface area contributed by atoms with Crippen LogP contribution < -0.4 is 5.32 Å². The van der Waals surface area contributed by atoms with Crippen LogP contribution in [0.3, 0.4) is 0 Å². The van der Waals surface area contributed by atoms with Gasteiger partial charge in [-0.05, 0) is 34.5 Å². The maximum Gasteiger partial charge on any atom is 0.270 e. The van der Waals surface area contributed by atoms with Crippen molar-refractivity contribution in [1.29, 1.82) is 0 Å². The molecule has 0 spiro atoms. The van der Waals surface area contributed by atoms with E-state index in [1.54, 1.807) is 18.2 Å². The van der Waals surface area contributed by atoms with E-state index < -0.39 is 0 Å². The van der Waals surface area contributed by atoms with E-state index in [-0.39, 0.29) is 18.6 Å². The first-order valence-corrected chi connectivity index (χ1v) is 5.51. The molecule has 0 aliphatic carbocycles. The van der Waals surface area contributed by atoms with Gasteiger partial charge < -0.3 is 10.4 Å². The van der Waals surface area contributed by atoms with Gasteiger partial charge in [-0.3, -0.25) is 4.79 Å². The van der Waals surface area contributed by atoms with Gasteiger partial charge in [-0.2, -0.15) is 0 Å². The summed E-state index contributed by atoms with van der Waals surface area (Å²) in [6.45, 7) is 1.84. The smallest absolute Gasteiger partial charge is 0.270 e. The average molecular weight is 273 g/mol. The monoisotopic (exact) mass is 272 g/mol. The predicted molar refractivity (Wildman–Crippen MR) is 60.6 cm³/mol. The molecule has 0 aliphatic rings. The molecular formula is C10H13BrN2O2. The normalized spacial score (nSPS) is 12.2. The summed E-state index contributed by atoms with van der Waals surface area (Å²) in [6.07, 6.45) is 0.691. The lowest BCUT2D eigenvalue weighted by Gasteiger charge is -2.13. The maximum absolute atomic E-state index is 11.6. The second kappa shape index (κ2) is 5.82. The van der Waals surface area contributed by atoms with E-state index in [1.165, 1.54) is 0 Å². The van der Waals surface area contributed by atoms with Gasteiger partial charge in [-0.1, -0.05) is 13.0 Å². The second-order valence-corrected chi connectivity index (χ2v) is 3.92. The highest BCUT2D eigenvalue weighted by Crippen LogP contribution is 2.06. The number of rotatable bonds is 4. The number of hydrogen-bond acceptors (Lipinski definition) is 3. The molecule has 0 radical (unpaired) electrons. The van der Waals surface area contributed by atoms with Gasteiger partial charge in [0.1, 0.15) is 10.3 Å². The van der Waals surface area contributed by atoms with Crippen molar-refractivity contribution in [2.24, 2.45) is 0 Å². The van der Waals surface area contributed by atoms with Crippen molar-refractivity contribution in [1.82, 2.24) is 10.3 Å². The van der Waals surface area contributed by atoms with Crippen molar-refractivity contribution in [2.45, 2.75) is 19.4 Å². The van der Waals surface area contributed by atoms with E-state index >= 15 is 0 Å². The minimum atomic E-state index is -0.266. The van der Waals surface area contributed by atoms with Crippen LogP contribution in [0.1, 0.15) is 23.8 Å². The van der Waals surface area contributed by atoms with Crippen molar-refractivity contribution >= 4 is 21.8 Å². The molecular weight excluding hydrogens is 260 g/mol. The summed E-state index contributed by atoms with van der Waals surface area (Å²) in [4.78, 5) is 15.6. The number of aliphatic hydroxyl groups excluding tert-OH is 1. The number of pyridine rings is 1. The van der Waals surface area contributed by atoms with Crippen LogP contribution in [0.15, 0.2) is 22.8 Å². The Labute approximate surface area is 96.8 Å². The van der Waals surface area contributed by atoms with Crippen LogP contribution in [0.4, 0.5) is 0 Å². The van der Waals surface area contributed by atoms with Crippen LogP contribution in [-0.2, 0) is 0 Å². The third-order valence-corrected chi connectivity index (χ3v) is 2.44. The van der Waals surface area contributed by atoms with Crippen LogP contribution in [-0.4, -0.2) is 28.6 Å². The predicted octanol–water partition coefficient (Wildman–Crippen LogP) is 1.34. The summed E-state index contributed by atoms with van der Waals surface area (Å²) >= 11 is 3.19. The molecule has 0 saturated carbocycles. The van der Waals surface area contributed by atoms with E-state index in [0.717, 1.165) is 0 Å². The van der Waals surface area contributed by atoms with Gasteiger partial charge in [0, 0.05) is 0 Å². The number of aliphatic hydroxyl groups is 1. The summed E-state index contributed by atoms with van der Waals surface area (Å²) in [5, 5.41) is 11.6. The van der Waals surface area contributed by atoms with Crippen LogP contribution in [0.5, 0.6) is 0 Å². The van der Waals surface area contributed by atoms with Gasteiger partial charge in [0.2, 0.25) is 0 Å². The molecule has 1 atom stereocenters. The van der Waals surface area contributed by atoms with Crippen molar-refractivity contribution in [3.8, 4) is 0 Å². The molecule has 0 saturated heterocycles. The molecule has 1 aromatic rings. The van der Waals surface area contributed by atoms with Crippen LogP contribution in [0, 0.1) is 0 Å². The molecule has 4 nitrogen and oxygen atoms in total. The van der Waals surface area contributed by atoms with Crippen molar-refractivity contribution in [3.05, 3.63) is 28.5 Å². The Morgan fingerprint density at radius 2 is 2.40 bits per heavy atom. The van der Waals surface area contributed by atoms with Gasteiger partial charge in [0.15, 0.2) is 0 Å².